The van der Waals surface area contributed by atoms with E-state index < -0.39 is 0 Å². The number of ether oxygens (including phenoxy) is 2. The summed E-state index contributed by atoms with van der Waals surface area (Å²) in [6.45, 7) is 1.70. The number of rotatable bonds is 3. The van der Waals surface area contributed by atoms with Crippen LogP contribution in [-0.2, 0) is 4.74 Å². The van der Waals surface area contributed by atoms with E-state index >= 15 is 0 Å². The molecule has 1 saturated heterocycles. The molecular weight excluding hydrogens is 270 g/mol. The first kappa shape index (κ1) is 11.7. The van der Waals surface area contributed by atoms with Gasteiger partial charge in [0.05, 0.1) is 7.11 Å². The van der Waals surface area contributed by atoms with Crippen LogP contribution in [0, 0.1) is 0 Å². The first-order valence-corrected chi connectivity index (χ1v) is 6.26. The van der Waals surface area contributed by atoms with Crippen LogP contribution in [0.4, 0.5) is 5.69 Å². The van der Waals surface area contributed by atoms with Gasteiger partial charge < -0.3 is 14.8 Å². The molecule has 1 N–H and O–H groups in total. The van der Waals surface area contributed by atoms with E-state index in [9.17, 15) is 0 Å². The van der Waals surface area contributed by atoms with E-state index in [1.807, 2.05) is 12.1 Å². The minimum absolute atomic E-state index is 0.507. The van der Waals surface area contributed by atoms with E-state index in [0.717, 1.165) is 42.0 Å². The van der Waals surface area contributed by atoms with Crippen LogP contribution in [0.1, 0.15) is 12.8 Å². The van der Waals surface area contributed by atoms with Gasteiger partial charge in [0, 0.05) is 35.5 Å². The smallest absolute Gasteiger partial charge is 0.122 e. The molecule has 1 aromatic rings. The molecule has 0 aliphatic carbocycles. The SMILES string of the molecule is COc1cc(Br)cc(NC2CCOCC2)c1. The van der Waals surface area contributed by atoms with Crippen LogP contribution in [-0.4, -0.2) is 26.4 Å². The number of nitrogens with one attached hydrogen (secondary N) is 1. The summed E-state index contributed by atoms with van der Waals surface area (Å²) in [5.74, 6) is 0.865. The lowest BCUT2D eigenvalue weighted by Crippen LogP contribution is -2.27. The average Bonchev–Trinajstić information content (AvgIpc) is 2.29. The van der Waals surface area contributed by atoms with Gasteiger partial charge in [-0.25, -0.2) is 0 Å². The molecule has 1 aliphatic rings. The fourth-order valence-corrected chi connectivity index (χ4v) is 2.31. The molecule has 0 unspecified atom stereocenters. The fourth-order valence-electron chi connectivity index (χ4n) is 1.84. The first-order chi connectivity index (χ1) is 7.78. The number of halogens is 1. The highest BCUT2D eigenvalue weighted by molar-refractivity contribution is 9.10. The second-order valence-electron chi connectivity index (χ2n) is 3.91. The average molecular weight is 286 g/mol. The van der Waals surface area contributed by atoms with Crippen molar-refractivity contribution in [2.75, 3.05) is 25.6 Å². The Bertz CT molecular complexity index is 351. The molecule has 0 amide bonds. The van der Waals surface area contributed by atoms with Crippen LogP contribution in [0.25, 0.3) is 0 Å². The maximum atomic E-state index is 5.33. The van der Waals surface area contributed by atoms with Gasteiger partial charge in [0.2, 0.25) is 0 Å². The molecule has 0 spiro atoms. The first-order valence-electron chi connectivity index (χ1n) is 5.47. The van der Waals surface area contributed by atoms with Crippen molar-refractivity contribution in [3.63, 3.8) is 0 Å². The zero-order valence-corrected chi connectivity index (χ0v) is 10.9. The van der Waals surface area contributed by atoms with Gasteiger partial charge in [-0.1, -0.05) is 15.9 Å². The summed E-state index contributed by atoms with van der Waals surface area (Å²) in [6.07, 6.45) is 2.13. The Morgan fingerprint density at radius 3 is 2.75 bits per heavy atom. The number of anilines is 1. The van der Waals surface area contributed by atoms with Gasteiger partial charge in [0.1, 0.15) is 5.75 Å². The van der Waals surface area contributed by atoms with Crippen LogP contribution in [0.3, 0.4) is 0 Å². The lowest BCUT2D eigenvalue weighted by atomic mass is 10.1. The molecule has 0 bridgehead atoms. The maximum Gasteiger partial charge on any atom is 0.122 e. The van der Waals surface area contributed by atoms with Crippen molar-refractivity contribution >= 4 is 21.6 Å². The number of benzene rings is 1. The molecule has 2 rings (SSSR count). The van der Waals surface area contributed by atoms with Crippen molar-refractivity contribution in [3.8, 4) is 5.75 Å². The monoisotopic (exact) mass is 285 g/mol. The normalized spacial score (nSPS) is 17.1. The maximum absolute atomic E-state index is 5.33. The van der Waals surface area contributed by atoms with Gasteiger partial charge in [-0.2, -0.15) is 0 Å². The second kappa shape index (κ2) is 5.55. The van der Waals surface area contributed by atoms with E-state index in [1.54, 1.807) is 7.11 Å². The molecule has 1 fully saturated rings. The second-order valence-corrected chi connectivity index (χ2v) is 4.83. The van der Waals surface area contributed by atoms with Crippen molar-refractivity contribution in [1.82, 2.24) is 0 Å². The summed E-state index contributed by atoms with van der Waals surface area (Å²) >= 11 is 3.47. The fraction of sp³-hybridized carbons (Fsp3) is 0.500. The van der Waals surface area contributed by atoms with Gasteiger partial charge in [0.25, 0.3) is 0 Å². The summed E-state index contributed by atoms with van der Waals surface area (Å²) in [7, 11) is 1.68. The number of hydrogen-bond donors (Lipinski definition) is 1. The molecule has 4 heteroatoms. The van der Waals surface area contributed by atoms with Crippen LogP contribution < -0.4 is 10.1 Å². The summed E-state index contributed by atoms with van der Waals surface area (Å²) in [6, 6.07) is 6.54. The Labute approximate surface area is 104 Å². The van der Waals surface area contributed by atoms with E-state index in [2.05, 4.69) is 27.3 Å². The molecule has 3 nitrogen and oxygen atoms in total. The Balaban J connectivity index is 2.04. The quantitative estimate of drug-likeness (QED) is 0.926. The number of methoxy groups -OCH3 is 1. The minimum atomic E-state index is 0.507. The highest BCUT2D eigenvalue weighted by Crippen LogP contribution is 2.26. The summed E-state index contributed by atoms with van der Waals surface area (Å²) in [4.78, 5) is 0. The predicted octanol–water partition coefficient (Wildman–Crippen LogP) is 3.05. The Morgan fingerprint density at radius 1 is 1.31 bits per heavy atom. The van der Waals surface area contributed by atoms with E-state index in [-0.39, 0.29) is 0 Å². The molecule has 0 radical (unpaired) electrons. The molecule has 1 heterocycles. The summed E-state index contributed by atoms with van der Waals surface area (Å²) < 4.78 is 11.6. The van der Waals surface area contributed by atoms with Gasteiger partial charge in [0.15, 0.2) is 0 Å². The summed E-state index contributed by atoms with van der Waals surface area (Å²) in [5, 5.41) is 3.51. The van der Waals surface area contributed by atoms with E-state index in [0.29, 0.717) is 6.04 Å². The van der Waals surface area contributed by atoms with Crippen molar-refractivity contribution in [3.05, 3.63) is 22.7 Å². The van der Waals surface area contributed by atoms with E-state index in [4.69, 9.17) is 9.47 Å². The van der Waals surface area contributed by atoms with Gasteiger partial charge in [-0.05, 0) is 25.0 Å². The topological polar surface area (TPSA) is 30.5 Å². The molecule has 16 heavy (non-hydrogen) atoms. The summed E-state index contributed by atoms with van der Waals surface area (Å²) in [5.41, 5.74) is 1.10. The van der Waals surface area contributed by atoms with Crippen LogP contribution in [0.5, 0.6) is 5.75 Å². The third-order valence-corrected chi connectivity index (χ3v) is 3.16. The standard InChI is InChI=1S/C12H16BrNO2/c1-15-12-7-9(13)6-11(8-12)14-10-2-4-16-5-3-10/h6-8,10,14H,2-5H2,1H3. The molecule has 88 valence electrons. The van der Waals surface area contributed by atoms with Gasteiger partial charge in [-0.3, -0.25) is 0 Å². The zero-order chi connectivity index (χ0) is 11.4. The van der Waals surface area contributed by atoms with Crippen LogP contribution >= 0.6 is 15.9 Å². The molecular formula is C12H16BrNO2. The van der Waals surface area contributed by atoms with Crippen molar-refractivity contribution in [2.45, 2.75) is 18.9 Å². The highest BCUT2D eigenvalue weighted by Gasteiger charge is 2.13. The Kier molecular flexibility index (Phi) is 4.07. The minimum Gasteiger partial charge on any atom is -0.497 e. The molecule has 0 atom stereocenters. The van der Waals surface area contributed by atoms with Crippen LogP contribution in [0.15, 0.2) is 22.7 Å². The van der Waals surface area contributed by atoms with Gasteiger partial charge >= 0.3 is 0 Å². The highest BCUT2D eigenvalue weighted by atomic mass is 79.9. The third kappa shape index (κ3) is 3.12. The molecule has 1 aliphatic heterocycles. The predicted molar refractivity (Wildman–Crippen MR) is 68.2 cm³/mol. The lowest BCUT2D eigenvalue weighted by molar-refractivity contribution is 0.0904. The van der Waals surface area contributed by atoms with Gasteiger partial charge in [-0.15, -0.1) is 0 Å². The zero-order valence-electron chi connectivity index (χ0n) is 9.33. The molecule has 0 saturated carbocycles. The van der Waals surface area contributed by atoms with Crippen molar-refractivity contribution < 1.29 is 9.47 Å². The number of hydrogen-bond acceptors (Lipinski definition) is 3. The van der Waals surface area contributed by atoms with E-state index in [1.165, 1.54) is 0 Å². The largest absolute Gasteiger partial charge is 0.497 e. The Hall–Kier alpha value is -0.740. The Morgan fingerprint density at radius 2 is 2.06 bits per heavy atom. The van der Waals surface area contributed by atoms with Crippen LogP contribution in [0.2, 0.25) is 0 Å². The van der Waals surface area contributed by atoms with Crippen molar-refractivity contribution in [2.24, 2.45) is 0 Å². The third-order valence-electron chi connectivity index (χ3n) is 2.70. The van der Waals surface area contributed by atoms with Crippen molar-refractivity contribution in [1.29, 1.82) is 0 Å². The molecule has 0 aromatic heterocycles. The molecule has 1 aromatic carbocycles. The lowest BCUT2D eigenvalue weighted by Gasteiger charge is -2.24.